The Bertz CT molecular complexity index is 218. The summed E-state index contributed by atoms with van der Waals surface area (Å²) in [6, 6.07) is 2.39. The Morgan fingerprint density at radius 2 is 2.12 bits per heavy atom. The fraction of sp³-hybridized carbons (Fsp3) is 1.00. The average molecular weight is 240 g/mol. The number of ether oxygens (including phenoxy) is 1. The van der Waals surface area contributed by atoms with E-state index in [1.54, 1.807) is 0 Å². The lowest BCUT2D eigenvalue weighted by atomic mass is 10.2. The Balaban J connectivity index is 1.52. The Labute approximate surface area is 106 Å². The van der Waals surface area contributed by atoms with Crippen molar-refractivity contribution >= 4 is 0 Å². The highest BCUT2D eigenvalue weighted by atomic mass is 16.5. The largest absolute Gasteiger partial charge is 0.380 e. The van der Waals surface area contributed by atoms with Crippen LogP contribution in [0.5, 0.6) is 0 Å². The molecule has 2 fully saturated rings. The summed E-state index contributed by atoms with van der Waals surface area (Å²) in [4.78, 5) is 2.69. The van der Waals surface area contributed by atoms with Gasteiger partial charge in [0, 0.05) is 37.8 Å². The van der Waals surface area contributed by atoms with Crippen molar-refractivity contribution in [3.8, 4) is 0 Å². The van der Waals surface area contributed by atoms with E-state index < -0.39 is 0 Å². The van der Waals surface area contributed by atoms with Gasteiger partial charge in [0.1, 0.15) is 0 Å². The van der Waals surface area contributed by atoms with Crippen LogP contribution in [0.4, 0.5) is 0 Å². The number of likely N-dealkylation sites (tertiary alicyclic amines) is 1. The van der Waals surface area contributed by atoms with Gasteiger partial charge >= 0.3 is 0 Å². The van der Waals surface area contributed by atoms with Gasteiger partial charge in [-0.2, -0.15) is 0 Å². The standard InChI is InChI=1S/C14H28N2O/c1-3-4-8-17-9-7-15-13-10-12(2)16(11-13)14-5-6-14/h12-15H,3-11H2,1-2H3. The van der Waals surface area contributed by atoms with Gasteiger partial charge < -0.3 is 10.1 Å². The van der Waals surface area contributed by atoms with Crippen LogP contribution in [0.3, 0.4) is 0 Å². The molecule has 1 aliphatic heterocycles. The molecule has 1 aliphatic carbocycles. The molecular formula is C14H28N2O. The highest BCUT2D eigenvalue weighted by Crippen LogP contribution is 2.33. The third kappa shape index (κ3) is 4.23. The Kier molecular flexibility index (Phi) is 5.26. The van der Waals surface area contributed by atoms with Crippen molar-refractivity contribution in [3.63, 3.8) is 0 Å². The average Bonchev–Trinajstić information content (AvgIpc) is 3.08. The Hall–Kier alpha value is -0.120. The van der Waals surface area contributed by atoms with Crippen LogP contribution in [0.1, 0.15) is 46.0 Å². The van der Waals surface area contributed by atoms with Crippen LogP contribution in [-0.2, 0) is 4.74 Å². The van der Waals surface area contributed by atoms with E-state index in [2.05, 4.69) is 24.1 Å². The van der Waals surface area contributed by atoms with Crippen molar-refractivity contribution in [2.24, 2.45) is 0 Å². The summed E-state index contributed by atoms with van der Waals surface area (Å²) < 4.78 is 5.57. The summed E-state index contributed by atoms with van der Waals surface area (Å²) in [5.74, 6) is 0. The van der Waals surface area contributed by atoms with Crippen molar-refractivity contribution in [2.45, 2.75) is 64.1 Å². The van der Waals surface area contributed by atoms with E-state index in [0.29, 0.717) is 6.04 Å². The first kappa shape index (κ1) is 13.3. The molecule has 3 heteroatoms. The summed E-state index contributed by atoms with van der Waals surface area (Å²) >= 11 is 0. The van der Waals surface area contributed by atoms with Gasteiger partial charge in [-0.05, 0) is 32.6 Å². The van der Waals surface area contributed by atoms with Gasteiger partial charge in [-0.3, -0.25) is 4.90 Å². The van der Waals surface area contributed by atoms with E-state index in [4.69, 9.17) is 4.74 Å². The molecule has 0 aromatic heterocycles. The minimum absolute atomic E-state index is 0.695. The predicted octanol–water partition coefficient (Wildman–Crippen LogP) is 2.02. The molecule has 0 bridgehead atoms. The van der Waals surface area contributed by atoms with Crippen LogP contribution in [-0.4, -0.2) is 49.3 Å². The maximum absolute atomic E-state index is 5.57. The van der Waals surface area contributed by atoms with Crippen LogP contribution in [0.15, 0.2) is 0 Å². The van der Waals surface area contributed by atoms with E-state index in [1.807, 2.05) is 0 Å². The fourth-order valence-corrected chi connectivity index (χ4v) is 2.80. The maximum atomic E-state index is 5.57. The summed E-state index contributed by atoms with van der Waals surface area (Å²) in [7, 11) is 0. The number of unbranched alkanes of at least 4 members (excludes halogenated alkanes) is 1. The third-order valence-corrected chi connectivity index (χ3v) is 3.96. The second-order valence-electron chi connectivity index (χ2n) is 5.63. The van der Waals surface area contributed by atoms with E-state index in [1.165, 1.54) is 38.6 Å². The van der Waals surface area contributed by atoms with E-state index >= 15 is 0 Å². The molecule has 2 unspecified atom stereocenters. The van der Waals surface area contributed by atoms with Crippen LogP contribution in [0, 0.1) is 0 Å². The Morgan fingerprint density at radius 3 is 2.82 bits per heavy atom. The molecule has 0 aromatic carbocycles. The molecule has 0 amide bonds. The lowest BCUT2D eigenvalue weighted by molar-refractivity contribution is 0.131. The van der Waals surface area contributed by atoms with Gasteiger partial charge in [0.05, 0.1) is 6.61 Å². The molecule has 0 radical (unpaired) electrons. The van der Waals surface area contributed by atoms with Crippen molar-refractivity contribution < 1.29 is 4.74 Å². The zero-order chi connectivity index (χ0) is 12.1. The summed E-state index contributed by atoms with van der Waals surface area (Å²) in [5.41, 5.74) is 0. The minimum atomic E-state index is 0.695. The molecule has 1 saturated carbocycles. The molecule has 17 heavy (non-hydrogen) atoms. The molecule has 1 N–H and O–H groups in total. The van der Waals surface area contributed by atoms with Crippen LogP contribution in [0.25, 0.3) is 0 Å². The van der Waals surface area contributed by atoms with E-state index in [0.717, 1.165) is 31.8 Å². The molecule has 0 spiro atoms. The molecule has 2 atom stereocenters. The highest BCUT2D eigenvalue weighted by Gasteiger charge is 2.38. The summed E-state index contributed by atoms with van der Waals surface area (Å²) in [6.07, 6.45) is 6.58. The number of nitrogens with zero attached hydrogens (tertiary/aromatic N) is 1. The number of hydrogen-bond acceptors (Lipinski definition) is 3. The molecular weight excluding hydrogens is 212 g/mol. The summed E-state index contributed by atoms with van der Waals surface area (Å²) in [5, 5.41) is 3.63. The molecule has 2 rings (SSSR count). The van der Waals surface area contributed by atoms with Crippen LogP contribution < -0.4 is 5.32 Å². The molecule has 3 nitrogen and oxygen atoms in total. The number of hydrogen-bond donors (Lipinski definition) is 1. The number of nitrogens with one attached hydrogen (secondary N) is 1. The van der Waals surface area contributed by atoms with E-state index in [-0.39, 0.29) is 0 Å². The van der Waals surface area contributed by atoms with Gasteiger partial charge in [0.15, 0.2) is 0 Å². The van der Waals surface area contributed by atoms with Crippen molar-refractivity contribution in [1.82, 2.24) is 10.2 Å². The fourth-order valence-electron chi connectivity index (χ4n) is 2.80. The predicted molar refractivity (Wildman–Crippen MR) is 71.3 cm³/mol. The van der Waals surface area contributed by atoms with Crippen molar-refractivity contribution in [2.75, 3.05) is 26.3 Å². The topological polar surface area (TPSA) is 24.5 Å². The van der Waals surface area contributed by atoms with Crippen molar-refractivity contribution in [3.05, 3.63) is 0 Å². The third-order valence-electron chi connectivity index (χ3n) is 3.96. The molecule has 2 aliphatic rings. The van der Waals surface area contributed by atoms with Gasteiger partial charge in [-0.1, -0.05) is 13.3 Å². The minimum Gasteiger partial charge on any atom is -0.380 e. The van der Waals surface area contributed by atoms with Crippen LogP contribution in [0.2, 0.25) is 0 Å². The lowest BCUT2D eigenvalue weighted by Crippen LogP contribution is -2.35. The van der Waals surface area contributed by atoms with Crippen molar-refractivity contribution in [1.29, 1.82) is 0 Å². The monoisotopic (exact) mass is 240 g/mol. The maximum Gasteiger partial charge on any atom is 0.0591 e. The van der Waals surface area contributed by atoms with Gasteiger partial charge in [0.2, 0.25) is 0 Å². The van der Waals surface area contributed by atoms with Gasteiger partial charge in [-0.25, -0.2) is 0 Å². The normalized spacial score (nSPS) is 30.0. The van der Waals surface area contributed by atoms with Crippen LogP contribution >= 0.6 is 0 Å². The quantitative estimate of drug-likeness (QED) is 0.657. The first-order valence-corrected chi connectivity index (χ1v) is 7.38. The zero-order valence-corrected chi connectivity index (χ0v) is 11.5. The Morgan fingerprint density at radius 1 is 1.29 bits per heavy atom. The smallest absolute Gasteiger partial charge is 0.0591 e. The van der Waals surface area contributed by atoms with E-state index in [9.17, 15) is 0 Å². The van der Waals surface area contributed by atoms with Gasteiger partial charge in [-0.15, -0.1) is 0 Å². The lowest BCUT2D eigenvalue weighted by Gasteiger charge is -2.19. The molecule has 1 saturated heterocycles. The molecule has 100 valence electrons. The first-order valence-electron chi connectivity index (χ1n) is 7.38. The zero-order valence-electron chi connectivity index (χ0n) is 11.5. The highest BCUT2D eigenvalue weighted by molar-refractivity contribution is 4.95. The number of rotatable bonds is 8. The molecule has 1 heterocycles. The van der Waals surface area contributed by atoms with Gasteiger partial charge in [0.25, 0.3) is 0 Å². The first-order chi connectivity index (χ1) is 8.31. The SMILES string of the molecule is CCCCOCCNC1CC(C)N(C2CC2)C1. The summed E-state index contributed by atoms with van der Waals surface area (Å²) in [6.45, 7) is 8.63. The second-order valence-corrected chi connectivity index (χ2v) is 5.63. The second kappa shape index (κ2) is 6.72. The molecule has 0 aromatic rings.